The van der Waals surface area contributed by atoms with Gasteiger partial charge in [0.15, 0.2) is 6.10 Å². The van der Waals surface area contributed by atoms with Gasteiger partial charge in [0, 0.05) is 17.6 Å². The maximum atomic E-state index is 14.1. The molecule has 2 aromatic carbocycles. The molecule has 1 fully saturated rings. The van der Waals surface area contributed by atoms with Crippen LogP contribution >= 0.6 is 15.9 Å². The quantitative estimate of drug-likeness (QED) is 0.730. The Labute approximate surface area is 183 Å². The molecular weight excluding hydrogens is 453 g/mol. The van der Waals surface area contributed by atoms with Crippen LogP contribution < -0.4 is 15.0 Å². The Morgan fingerprint density at radius 3 is 2.67 bits per heavy atom. The van der Waals surface area contributed by atoms with Gasteiger partial charge in [0.25, 0.3) is 5.91 Å². The van der Waals surface area contributed by atoms with E-state index >= 15 is 0 Å². The van der Waals surface area contributed by atoms with Crippen LogP contribution in [0.25, 0.3) is 0 Å². The molecule has 2 heterocycles. The third-order valence-electron chi connectivity index (χ3n) is 5.34. The van der Waals surface area contributed by atoms with Crippen molar-refractivity contribution in [2.24, 2.45) is 0 Å². The van der Waals surface area contributed by atoms with Crippen LogP contribution in [0.4, 0.5) is 15.8 Å². The van der Waals surface area contributed by atoms with Crippen molar-refractivity contribution >= 4 is 39.1 Å². The number of rotatable bonds is 4. The van der Waals surface area contributed by atoms with Gasteiger partial charge in [-0.25, -0.2) is 4.39 Å². The third-order valence-corrected chi connectivity index (χ3v) is 5.84. The van der Waals surface area contributed by atoms with E-state index in [1.165, 1.54) is 12.1 Å². The van der Waals surface area contributed by atoms with Crippen molar-refractivity contribution in [2.75, 3.05) is 36.4 Å². The molecule has 8 heteroatoms. The van der Waals surface area contributed by atoms with Crippen LogP contribution in [0.5, 0.6) is 5.75 Å². The van der Waals surface area contributed by atoms with Gasteiger partial charge in [-0.3, -0.25) is 9.59 Å². The molecule has 1 N–H and O–H groups in total. The predicted octanol–water partition coefficient (Wildman–Crippen LogP) is 3.81. The van der Waals surface area contributed by atoms with E-state index < -0.39 is 11.9 Å². The SMILES string of the molecule is O=C(CN1C[C@H](C(=O)N2CCCCC2)Oc2ccccc21)Nc1ccc(Br)cc1F. The molecule has 0 aromatic heterocycles. The Balaban J connectivity index is 1.49. The van der Waals surface area contributed by atoms with Crippen molar-refractivity contribution in [3.05, 3.63) is 52.8 Å². The number of hydrogen-bond donors (Lipinski definition) is 1. The molecule has 0 bridgehead atoms. The number of hydrogen-bond acceptors (Lipinski definition) is 4. The fraction of sp³-hybridized carbons (Fsp3) is 0.364. The number of carbonyl (C=O) groups excluding carboxylic acids is 2. The molecule has 0 unspecified atom stereocenters. The molecule has 158 valence electrons. The van der Waals surface area contributed by atoms with E-state index in [1.807, 2.05) is 28.0 Å². The van der Waals surface area contributed by atoms with Gasteiger partial charge in [0.05, 0.1) is 24.5 Å². The zero-order valence-corrected chi connectivity index (χ0v) is 18.0. The van der Waals surface area contributed by atoms with E-state index in [0.29, 0.717) is 10.2 Å². The number of carbonyl (C=O) groups is 2. The normalized spacial score (nSPS) is 18.4. The molecule has 0 radical (unpaired) electrons. The Hall–Kier alpha value is -2.61. The minimum atomic E-state index is -0.671. The van der Waals surface area contributed by atoms with Gasteiger partial charge in [-0.2, -0.15) is 0 Å². The fourth-order valence-corrected chi connectivity index (χ4v) is 4.19. The Morgan fingerprint density at radius 2 is 1.90 bits per heavy atom. The monoisotopic (exact) mass is 475 g/mol. The molecule has 30 heavy (non-hydrogen) atoms. The first-order chi connectivity index (χ1) is 14.5. The van der Waals surface area contributed by atoms with Crippen molar-refractivity contribution in [1.82, 2.24) is 4.90 Å². The molecule has 2 amide bonds. The lowest BCUT2D eigenvalue weighted by Gasteiger charge is -2.38. The van der Waals surface area contributed by atoms with E-state index in [2.05, 4.69) is 21.2 Å². The van der Waals surface area contributed by atoms with Crippen LogP contribution in [-0.2, 0) is 9.59 Å². The molecule has 4 rings (SSSR count). The molecule has 2 aliphatic rings. The molecular formula is C22H23BrFN3O3. The minimum Gasteiger partial charge on any atom is -0.477 e. The van der Waals surface area contributed by atoms with Crippen molar-refractivity contribution in [2.45, 2.75) is 25.4 Å². The van der Waals surface area contributed by atoms with Crippen LogP contribution in [0.2, 0.25) is 0 Å². The first kappa shape index (κ1) is 20.7. The average molecular weight is 476 g/mol. The van der Waals surface area contributed by atoms with Gasteiger partial charge in [0.1, 0.15) is 11.6 Å². The molecule has 2 aromatic rings. The smallest absolute Gasteiger partial charge is 0.265 e. The summed E-state index contributed by atoms with van der Waals surface area (Å²) < 4.78 is 20.6. The van der Waals surface area contributed by atoms with Crippen LogP contribution in [-0.4, -0.2) is 49.0 Å². The molecule has 0 aliphatic carbocycles. The van der Waals surface area contributed by atoms with Gasteiger partial charge < -0.3 is 19.9 Å². The number of ether oxygens (including phenoxy) is 1. The highest BCUT2D eigenvalue weighted by Crippen LogP contribution is 2.33. The summed E-state index contributed by atoms with van der Waals surface area (Å²) in [7, 11) is 0. The van der Waals surface area contributed by atoms with Gasteiger partial charge in [-0.15, -0.1) is 0 Å². The number of halogens is 2. The number of amides is 2. The summed E-state index contributed by atoms with van der Waals surface area (Å²) in [6.45, 7) is 1.73. The highest BCUT2D eigenvalue weighted by atomic mass is 79.9. The number of fused-ring (bicyclic) bond motifs is 1. The summed E-state index contributed by atoms with van der Waals surface area (Å²) in [5, 5.41) is 2.61. The van der Waals surface area contributed by atoms with Crippen LogP contribution in [0.15, 0.2) is 46.9 Å². The molecule has 1 atom stereocenters. The Bertz CT molecular complexity index is 949. The van der Waals surface area contributed by atoms with E-state index in [-0.39, 0.29) is 30.6 Å². The molecule has 2 aliphatic heterocycles. The maximum absolute atomic E-state index is 14.1. The molecule has 1 saturated heterocycles. The largest absolute Gasteiger partial charge is 0.477 e. The summed E-state index contributed by atoms with van der Waals surface area (Å²) in [5.41, 5.74) is 0.859. The Kier molecular flexibility index (Phi) is 6.22. The van der Waals surface area contributed by atoms with E-state index in [9.17, 15) is 14.0 Å². The summed E-state index contributed by atoms with van der Waals surface area (Å²) in [6, 6.07) is 11.8. The summed E-state index contributed by atoms with van der Waals surface area (Å²) >= 11 is 3.20. The molecule has 0 spiro atoms. The summed E-state index contributed by atoms with van der Waals surface area (Å²) in [6.07, 6.45) is 2.46. The highest BCUT2D eigenvalue weighted by molar-refractivity contribution is 9.10. The first-order valence-electron chi connectivity index (χ1n) is 10.1. The Morgan fingerprint density at radius 1 is 1.13 bits per heavy atom. The van der Waals surface area contributed by atoms with E-state index in [1.54, 1.807) is 12.1 Å². The van der Waals surface area contributed by atoms with Crippen molar-refractivity contribution in [1.29, 1.82) is 0 Å². The van der Waals surface area contributed by atoms with Crippen molar-refractivity contribution < 1.29 is 18.7 Å². The van der Waals surface area contributed by atoms with Crippen molar-refractivity contribution in [3.63, 3.8) is 0 Å². The van der Waals surface area contributed by atoms with Gasteiger partial charge in [-0.1, -0.05) is 28.1 Å². The molecule has 0 saturated carbocycles. The van der Waals surface area contributed by atoms with Crippen LogP contribution in [0.1, 0.15) is 19.3 Å². The third kappa shape index (κ3) is 4.59. The number of piperidine rings is 1. The second-order valence-corrected chi connectivity index (χ2v) is 8.43. The molecule has 6 nitrogen and oxygen atoms in total. The zero-order chi connectivity index (χ0) is 21.1. The summed E-state index contributed by atoms with van der Waals surface area (Å²) in [4.78, 5) is 29.3. The predicted molar refractivity (Wildman–Crippen MR) is 116 cm³/mol. The van der Waals surface area contributed by atoms with Gasteiger partial charge >= 0.3 is 0 Å². The average Bonchev–Trinajstić information content (AvgIpc) is 2.75. The van der Waals surface area contributed by atoms with Crippen LogP contribution in [0.3, 0.4) is 0 Å². The maximum Gasteiger partial charge on any atom is 0.265 e. The topological polar surface area (TPSA) is 61.9 Å². The van der Waals surface area contributed by atoms with E-state index in [0.717, 1.165) is 38.0 Å². The fourth-order valence-electron chi connectivity index (χ4n) is 3.86. The number of para-hydroxylation sites is 2. The summed E-state index contributed by atoms with van der Waals surface area (Å²) in [5.74, 6) is -0.356. The minimum absolute atomic E-state index is 0.0142. The van der Waals surface area contributed by atoms with Crippen molar-refractivity contribution in [3.8, 4) is 5.75 Å². The standard InChI is InChI=1S/C22H23BrFN3O3/c23-15-8-9-17(16(24)12-15)25-21(28)14-27-13-20(22(29)26-10-4-1-5-11-26)30-19-7-3-2-6-18(19)27/h2-3,6-9,12,20H,1,4-5,10-11,13-14H2,(H,25,28)/t20-/m1/s1. The van der Waals surface area contributed by atoms with Gasteiger partial charge in [-0.05, 0) is 49.6 Å². The lowest BCUT2D eigenvalue weighted by atomic mass is 10.1. The number of anilines is 2. The number of benzene rings is 2. The van der Waals surface area contributed by atoms with E-state index in [4.69, 9.17) is 4.74 Å². The number of nitrogens with zero attached hydrogens (tertiary/aromatic N) is 2. The lowest BCUT2D eigenvalue weighted by Crippen LogP contribution is -2.52. The highest BCUT2D eigenvalue weighted by Gasteiger charge is 2.34. The number of nitrogens with one attached hydrogen (secondary N) is 1. The van der Waals surface area contributed by atoms with Gasteiger partial charge in [0.2, 0.25) is 5.91 Å². The second-order valence-electron chi connectivity index (χ2n) is 7.51. The first-order valence-corrected chi connectivity index (χ1v) is 10.8. The zero-order valence-electron chi connectivity index (χ0n) is 16.4. The second kappa shape index (κ2) is 9.04. The number of likely N-dealkylation sites (tertiary alicyclic amines) is 1. The van der Waals surface area contributed by atoms with Crippen LogP contribution in [0, 0.1) is 5.82 Å². The lowest BCUT2D eigenvalue weighted by molar-refractivity contribution is -0.139.